The minimum absolute atomic E-state index is 0.127. The van der Waals surface area contributed by atoms with Gasteiger partial charge in [0.1, 0.15) is 12.4 Å². The molecular formula is C22H21NO3. The van der Waals surface area contributed by atoms with Crippen molar-refractivity contribution in [2.75, 3.05) is 18.5 Å². The van der Waals surface area contributed by atoms with Gasteiger partial charge in [0.25, 0.3) is 5.91 Å². The molecule has 4 heteroatoms. The number of benzene rings is 3. The molecule has 3 aromatic carbocycles. The van der Waals surface area contributed by atoms with Crippen LogP contribution < -0.4 is 10.1 Å². The second kappa shape index (κ2) is 7.58. The molecule has 0 aliphatic carbocycles. The lowest BCUT2D eigenvalue weighted by Gasteiger charge is -2.13. The summed E-state index contributed by atoms with van der Waals surface area (Å²) >= 11 is 0. The molecule has 0 radical (unpaired) electrons. The molecule has 0 bridgehead atoms. The zero-order chi connectivity index (χ0) is 17.8. The minimum atomic E-state index is -0.127. The van der Waals surface area contributed by atoms with Crippen molar-refractivity contribution < 1.29 is 14.3 Å². The Balaban J connectivity index is 1.47. The van der Waals surface area contributed by atoms with Gasteiger partial charge in [-0.15, -0.1) is 0 Å². The number of hydrogen-bond acceptors (Lipinski definition) is 3. The van der Waals surface area contributed by atoms with Gasteiger partial charge in [0, 0.05) is 23.9 Å². The van der Waals surface area contributed by atoms with Crippen LogP contribution in [0.3, 0.4) is 0 Å². The first-order chi connectivity index (χ1) is 12.8. The lowest BCUT2D eigenvalue weighted by atomic mass is 10.0. The van der Waals surface area contributed by atoms with Crippen LogP contribution in [0.15, 0.2) is 66.7 Å². The Morgan fingerprint density at radius 3 is 2.81 bits per heavy atom. The van der Waals surface area contributed by atoms with Gasteiger partial charge in [0.05, 0.1) is 6.10 Å². The van der Waals surface area contributed by atoms with Gasteiger partial charge in [-0.3, -0.25) is 4.79 Å². The van der Waals surface area contributed by atoms with E-state index >= 15 is 0 Å². The first kappa shape index (κ1) is 16.6. The summed E-state index contributed by atoms with van der Waals surface area (Å²) in [6.07, 6.45) is 2.30. The van der Waals surface area contributed by atoms with E-state index in [-0.39, 0.29) is 12.0 Å². The van der Waals surface area contributed by atoms with Crippen molar-refractivity contribution in [1.29, 1.82) is 0 Å². The molecule has 1 atom stereocenters. The van der Waals surface area contributed by atoms with Gasteiger partial charge in [-0.25, -0.2) is 0 Å². The first-order valence-corrected chi connectivity index (χ1v) is 8.93. The van der Waals surface area contributed by atoms with Gasteiger partial charge < -0.3 is 14.8 Å². The molecule has 4 nitrogen and oxygen atoms in total. The number of carbonyl (C=O) groups is 1. The normalized spacial score (nSPS) is 16.5. The summed E-state index contributed by atoms with van der Waals surface area (Å²) in [6.45, 7) is 1.36. The number of anilines is 1. The van der Waals surface area contributed by atoms with Gasteiger partial charge in [-0.05, 0) is 41.8 Å². The molecular weight excluding hydrogens is 326 g/mol. The molecule has 4 rings (SSSR count). The second-order valence-corrected chi connectivity index (χ2v) is 6.45. The van der Waals surface area contributed by atoms with Crippen LogP contribution in [0.4, 0.5) is 5.69 Å². The molecule has 1 fully saturated rings. The lowest BCUT2D eigenvalue weighted by Crippen LogP contribution is -2.16. The van der Waals surface area contributed by atoms with Crippen LogP contribution in [0.1, 0.15) is 23.2 Å². The highest BCUT2D eigenvalue weighted by Crippen LogP contribution is 2.22. The maximum atomic E-state index is 12.7. The number of ether oxygens (including phenoxy) is 2. The summed E-state index contributed by atoms with van der Waals surface area (Å²) in [5.41, 5.74) is 1.38. The van der Waals surface area contributed by atoms with Crippen LogP contribution >= 0.6 is 0 Å². The quantitative estimate of drug-likeness (QED) is 0.731. The summed E-state index contributed by atoms with van der Waals surface area (Å²) in [4.78, 5) is 12.7. The number of fused-ring (bicyclic) bond motifs is 1. The maximum absolute atomic E-state index is 12.7. The van der Waals surface area contributed by atoms with Crippen LogP contribution in [0.25, 0.3) is 10.8 Å². The predicted octanol–water partition coefficient (Wildman–Crippen LogP) is 4.65. The molecule has 1 unspecified atom stereocenters. The molecule has 1 amide bonds. The standard InChI is InChI=1S/C22H21NO3/c24-22(21-12-3-7-16-6-1-2-11-20(16)21)23-17-8-4-9-18(14-17)26-15-19-10-5-13-25-19/h1-4,6-9,11-12,14,19H,5,10,13,15H2,(H,23,24). The molecule has 1 saturated heterocycles. The van der Waals surface area contributed by atoms with Gasteiger partial charge >= 0.3 is 0 Å². The van der Waals surface area contributed by atoms with Gasteiger partial charge in [0.2, 0.25) is 0 Å². The third kappa shape index (κ3) is 3.70. The molecule has 1 aliphatic heterocycles. The van der Waals surface area contributed by atoms with Crippen molar-refractivity contribution in [3.8, 4) is 5.75 Å². The first-order valence-electron chi connectivity index (χ1n) is 8.93. The monoisotopic (exact) mass is 347 g/mol. The number of rotatable bonds is 5. The average Bonchev–Trinajstić information content (AvgIpc) is 3.20. The molecule has 132 valence electrons. The third-order valence-corrected chi connectivity index (χ3v) is 4.59. The van der Waals surface area contributed by atoms with Crippen molar-refractivity contribution in [3.05, 3.63) is 72.3 Å². The van der Waals surface area contributed by atoms with Crippen LogP contribution in [0, 0.1) is 0 Å². The summed E-state index contributed by atoms with van der Waals surface area (Å²) in [6, 6.07) is 21.1. The largest absolute Gasteiger partial charge is 0.491 e. The summed E-state index contributed by atoms with van der Waals surface area (Å²) < 4.78 is 11.4. The average molecular weight is 347 g/mol. The molecule has 1 N–H and O–H groups in total. The van der Waals surface area contributed by atoms with E-state index in [1.807, 2.05) is 66.7 Å². The summed E-state index contributed by atoms with van der Waals surface area (Å²) in [5.74, 6) is 0.606. The Kier molecular flexibility index (Phi) is 4.84. The zero-order valence-electron chi connectivity index (χ0n) is 14.5. The highest BCUT2D eigenvalue weighted by atomic mass is 16.5. The fraction of sp³-hybridized carbons (Fsp3) is 0.227. The van der Waals surface area contributed by atoms with E-state index in [1.54, 1.807) is 0 Å². The van der Waals surface area contributed by atoms with Crippen molar-refractivity contribution >= 4 is 22.4 Å². The van der Waals surface area contributed by atoms with Crippen LogP contribution in [0.5, 0.6) is 5.75 Å². The maximum Gasteiger partial charge on any atom is 0.256 e. The Bertz CT molecular complexity index is 911. The fourth-order valence-electron chi connectivity index (χ4n) is 3.25. The van der Waals surface area contributed by atoms with Gasteiger partial charge in [-0.1, -0.05) is 42.5 Å². The van der Waals surface area contributed by atoms with Crippen LogP contribution in [-0.4, -0.2) is 25.2 Å². The highest BCUT2D eigenvalue weighted by Gasteiger charge is 2.16. The highest BCUT2D eigenvalue weighted by molar-refractivity contribution is 6.12. The summed E-state index contributed by atoms with van der Waals surface area (Å²) in [7, 11) is 0. The Hall–Kier alpha value is -2.85. The van der Waals surface area contributed by atoms with Crippen molar-refractivity contribution in [2.24, 2.45) is 0 Å². The molecule has 1 heterocycles. The second-order valence-electron chi connectivity index (χ2n) is 6.45. The van der Waals surface area contributed by atoms with E-state index in [0.29, 0.717) is 17.9 Å². The number of carbonyl (C=O) groups excluding carboxylic acids is 1. The topological polar surface area (TPSA) is 47.6 Å². The van der Waals surface area contributed by atoms with Gasteiger partial charge in [-0.2, -0.15) is 0 Å². The predicted molar refractivity (Wildman–Crippen MR) is 103 cm³/mol. The van der Waals surface area contributed by atoms with Crippen molar-refractivity contribution in [2.45, 2.75) is 18.9 Å². The molecule has 0 spiro atoms. The minimum Gasteiger partial charge on any atom is -0.491 e. The molecule has 1 aliphatic rings. The van der Waals surface area contributed by atoms with Crippen LogP contribution in [0.2, 0.25) is 0 Å². The molecule has 26 heavy (non-hydrogen) atoms. The van der Waals surface area contributed by atoms with E-state index in [0.717, 1.165) is 36.0 Å². The SMILES string of the molecule is O=C(Nc1cccc(OCC2CCCO2)c1)c1cccc2ccccc12. The third-order valence-electron chi connectivity index (χ3n) is 4.59. The van der Waals surface area contributed by atoms with Crippen LogP contribution in [-0.2, 0) is 4.74 Å². The lowest BCUT2D eigenvalue weighted by molar-refractivity contribution is 0.0680. The Morgan fingerprint density at radius 2 is 1.92 bits per heavy atom. The Morgan fingerprint density at radius 1 is 1.08 bits per heavy atom. The molecule has 3 aromatic rings. The van der Waals surface area contributed by atoms with Gasteiger partial charge in [0.15, 0.2) is 0 Å². The number of amides is 1. The van der Waals surface area contributed by atoms with Crippen molar-refractivity contribution in [1.82, 2.24) is 0 Å². The van der Waals surface area contributed by atoms with E-state index in [4.69, 9.17) is 9.47 Å². The van der Waals surface area contributed by atoms with E-state index in [1.165, 1.54) is 0 Å². The summed E-state index contributed by atoms with van der Waals surface area (Å²) in [5, 5.41) is 4.96. The van der Waals surface area contributed by atoms with E-state index in [2.05, 4.69) is 5.32 Å². The van der Waals surface area contributed by atoms with E-state index < -0.39 is 0 Å². The zero-order valence-corrected chi connectivity index (χ0v) is 14.5. The fourth-order valence-corrected chi connectivity index (χ4v) is 3.25. The van der Waals surface area contributed by atoms with E-state index in [9.17, 15) is 4.79 Å². The number of nitrogens with one attached hydrogen (secondary N) is 1. The smallest absolute Gasteiger partial charge is 0.256 e. The van der Waals surface area contributed by atoms with Crippen molar-refractivity contribution in [3.63, 3.8) is 0 Å². The number of hydrogen-bond donors (Lipinski definition) is 1. The molecule has 0 saturated carbocycles. The Labute approximate surface area is 152 Å². The molecule has 0 aromatic heterocycles.